The molecule has 0 saturated carbocycles. The quantitative estimate of drug-likeness (QED) is 0.439. The molecule has 0 radical (unpaired) electrons. The van der Waals surface area contributed by atoms with Crippen molar-refractivity contribution in [2.24, 2.45) is 0 Å². The van der Waals surface area contributed by atoms with Crippen LogP contribution >= 0.6 is 0 Å². The molecule has 0 saturated heterocycles. The average Bonchev–Trinajstić information content (AvgIpc) is 3.15. The minimum atomic E-state index is -1.00. The molecule has 0 unspecified atom stereocenters. The summed E-state index contributed by atoms with van der Waals surface area (Å²) in [6.07, 6.45) is 0.440. The number of rotatable bonds is 6. The molecule has 8 nitrogen and oxygen atoms in total. The van der Waals surface area contributed by atoms with Crippen molar-refractivity contribution in [3.05, 3.63) is 71.9 Å². The fourth-order valence-corrected chi connectivity index (χ4v) is 3.34. The van der Waals surface area contributed by atoms with Crippen LogP contribution in [0.15, 0.2) is 60.8 Å². The van der Waals surface area contributed by atoms with Gasteiger partial charge in [-0.15, -0.1) is 0 Å². The van der Waals surface area contributed by atoms with Crippen molar-refractivity contribution in [3.63, 3.8) is 0 Å². The van der Waals surface area contributed by atoms with Gasteiger partial charge < -0.3 is 19.5 Å². The van der Waals surface area contributed by atoms with E-state index in [1.165, 1.54) is 11.7 Å². The molecule has 1 amide bonds. The Hall–Kier alpha value is -3.81. The number of amides is 1. The van der Waals surface area contributed by atoms with Crippen LogP contribution < -0.4 is 5.32 Å². The number of hydrogen-bond acceptors (Lipinski definition) is 6. The van der Waals surface area contributed by atoms with E-state index in [4.69, 9.17) is 14.2 Å². The number of esters is 1. The summed E-state index contributed by atoms with van der Waals surface area (Å²) >= 11 is 0. The van der Waals surface area contributed by atoms with Gasteiger partial charge in [0.2, 0.25) is 0 Å². The van der Waals surface area contributed by atoms with E-state index in [2.05, 4.69) is 5.32 Å². The first-order valence-corrected chi connectivity index (χ1v) is 10.6. The van der Waals surface area contributed by atoms with E-state index in [1.54, 1.807) is 33.0 Å². The first-order chi connectivity index (χ1) is 15.7. The second kappa shape index (κ2) is 10.2. The van der Waals surface area contributed by atoms with Gasteiger partial charge in [0, 0.05) is 18.0 Å². The van der Waals surface area contributed by atoms with Crippen LogP contribution in [0.1, 0.15) is 31.9 Å². The zero-order valence-corrected chi connectivity index (χ0v) is 19.2. The van der Waals surface area contributed by atoms with E-state index >= 15 is 0 Å². The van der Waals surface area contributed by atoms with Crippen molar-refractivity contribution in [1.82, 2.24) is 9.88 Å². The average molecular weight is 453 g/mol. The maximum Gasteiger partial charge on any atom is 0.419 e. The highest BCUT2D eigenvalue weighted by Crippen LogP contribution is 2.24. The lowest BCUT2D eigenvalue weighted by Gasteiger charge is -2.19. The van der Waals surface area contributed by atoms with E-state index in [1.807, 2.05) is 48.5 Å². The van der Waals surface area contributed by atoms with Gasteiger partial charge in [0.1, 0.15) is 18.2 Å². The Morgan fingerprint density at radius 1 is 1.00 bits per heavy atom. The molecule has 2 aromatic carbocycles. The third kappa shape index (κ3) is 6.35. The van der Waals surface area contributed by atoms with Gasteiger partial charge in [-0.3, -0.25) is 4.57 Å². The Balaban J connectivity index is 1.80. The summed E-state index contributed by atoms with van der Waals surface area (Å²) < 4.78 is 17.0. The van der Waals surface area contributed by atoms with E-state index in [9.17, 15) is 14.4 Å². The van der Waals surface area contributed by atoms with E-state index < -0.39 is 29.8 Å². The molecular weight excluding hydrogens is 424 g/mol. The molecule has 0 fully saturated rings. The third-order valence-corrected chi connectivity index (χ3v) is 4.80. The number of nitrogens with zero attached hydrogens (tertiary/aromatic N) is 1. The highest BCUT2D eigenvalue weighted by atomic mass is 16.6. The fraction of sp³-hybridized carbons (Fsp3) is 0.320. The number of nitrogens with one attached hydrogen (secondary N) is 1. The summed E-state index contributed by atoms with van der Waals surface area (Å²) in [6.45, 7) is 5.43. The normalized spacial score (nSPS) is 12.1. The summed E-state index contributed by atoms with van der Waals surface area (Å²) in [5.41, 5.74) is 1.47. The highest BCUT2D eigenvalue weighted by molar-refractivity contribution is 5.92. The number of benzene rings is 2. The molecule has 0 spiro atoms. The van der Waals surface area contributed by atoms with Gasteiger partial charge in [-0.1, -0.05) is 48.5 Å². The van der Waals surface area contributed by atoms with Gasteiger partial charge in [-0.2, -0.15) is 0 Å². The van der Waals surface area contributed by atoms with Crippen molar-refractivity contribution in [2.75, 3.05) is 7.11 Å². The van der Waals surface area contributed by atoms with Crippen LogP contribution in [0, 0.1) is 0 Å². The van der Waals surface area contributed by atoms with Crippen molar-refractivity contribution >= 4 is 29.1 Å². The number of methoxy groups -OCH3 is 1. The topological polar surface area (TPSA) is 95.9 Å². The molecule has 0 bridgehead atoms. The van der Waals surface area contributed by atoms with Gasteiger partial charge in [-0.05, 0) is 38.0 Å². The Labute approximate surface area is 192 Å². The van der Waals surface area contributed by atoms with Gasteiger partial charge in [0.15, 0.2) is 0 Å². The summed E-state index contributed by atoms with van der Waals surface area (Å²) in [5, 5.41) is 3.33. The third-order valence-electron chi connectivity index (χ3n) is 4.80. The summed E-state index contributed by atoms with van der Waals surface area (Å²) in [5.74, 6) is -0.624. The first-order valence-electron chi connectivity index (χ1n) is 10.6. The van der Waals surface area contributed by atoms with Crippen molar-refractivity contribution < 1.29 is 28.6 Å². The minimum Gasteiger partial charge on any atom is -0.467 e. The van der Waals surface area contributed by atoms with E-state index in [0.717, 1.165) is 10.9 Å². The van der Waals surface area contributed by atoms with Crippen LogP contribution in [0.2, 0.25) is 0 Å². The molecule has 0 aliphatic rings. The summed E-state index contributed by atoms with van der Waals surface area (Å²) in [4.78, 5) is 37.5. The van der Waals surface area contributed by atoms with Gasteiger partial charge in [0.25, 0.3) is 0 Å². The predicted molar refractivity (Wildman–Crippen MR) is 123 cm³/mol. The maximum absolute atomic E-state index is 12.7. The monoisotopic (exact) mass is 452 g/mol. The van der Waals surface area contributed by atoms with Crippen molar-refractivity contribution in [3.8, 4) is 0 Å². The number of para-hydroxylation sites is 1. The number of alkyl carbamates (subject to hydrolysis) is 1. The fourth-order valence-electron chi connectivity index (χ4n) is 3.34. The summed E-state index contributed by atoms with van der Waals surface area (Å²) in [7, 11) is 1.25. The van der Waals surface area contributed by atoms with Gasteiger partial charge >= 0.3 is 18.2 Å². The summed E-state index contributed by atoms with van der Waals surface area (Å²) in [6, 6.07) is 15.5. The molecule has 3 aromatic rings. The Morgan fingerprint density at radius 3 is 2.33 bits per heavy atom. The first kappa shape index (κ1) is 23.8. The number of ether oxygens (including phenoxy) is 3. The predicted octanol–water partition coefficient (Wildman–Crippen LogP) is 4.44. The van der Waals surface area contributed by atoms with Crippen molar-refractivity contribution in [2.45, 2.75) is 45.4 Å². The number of fused-ring (bicyclic) bond motifs is 1. The molecule has 1 N–H and O–H groups in total. The second-order valence-corrected chi connectivity index (χ2v) is 8.51. The molecule has 1 heterocycles. The zero-order valence-electron chi connectivity index (χ0n) is 19.2. The zero-order chi connectivity index (χ0) is 24.0. The standard InChI is InChI=1S/C25H28N2O6/c1-25(2,3)33-24(30)27-15-18(19-12-8-9-13-21(19)27)14-20(22(28)31-4)26-23(29)32-16-17-10-6-5-7-11-17/h5-13,15,20H,14,16H2,1-4H3,(H,26,29)/t20-/m1/s1. The Kier molecular flexibility index (Phi) is 7.37. The lowest BCUT2D eigenvalue weighted by atomic mass is 10.1. The van der Waals surface area contributed by atoms with Crippen molar-refractivity contribution in [1.29, 1.82) is 0 Å². The SMILES string of the molecule is COC(=O)[C@@H](Cc1cn(C(=O)OC(C)(C)C)c2ccccc12)NC(=O)OCc1ccccc1. The minimum absolute atomic E-state index is 0.0680. The Morgan fingerprint density at radius 2 is 1.67 bits per heavy atom. The molecule has 1 atom stereocenters. The molecule has 0 aliphatic carbocycles. The van der Waals surface area contributed by atoms with Crippen LogP contribution in [-0.2, 0) is 32.0 Å². The highest BCUT2D eigenvalue weighted by Gasteiger charge is 2.26. The number of carbonyl (C=O) groups is 3. The van der Waals surface area contributed by atoms with Crippen LogP contribution in [0.3, 0.4) is 0 Å². The van der Waals surface area contributed by atoms with Crippen LogP contribution in [0.5, 0.6) is 0 Å². The second-order valence-electron chi connectivity index (χ2n) is 8.51. The van der Waals surface area contributed by atoms with E-state index in [-0.39, 0.29) is 13.0 Å². The number of carbonyl (C=O) groups excluding carboxylic acids is 3. The van der Waals surface area contributed by atoms with Gasteiger partial charge in [-0.25, -0.2) is 14.4 Å². The number of aromatic nitrogens is 1. The molecule has 8 heteroatoms. The van der Waals surface area contributed by atoms with Crippen LogP contribution in [-0.4, -0.2) is 41.5 Å². The molecule has 3 rings (SSSR count). The van der Waals surface area contributed by atoms with E-state index in [0.29, 0.717) is 11.1 Å². The van der Waals surface area contributed by atoms with Crippen LogP contribution in [0.25, 0.3) is 10.9 Å². The molecular formula is C25H28N2O6. The van der Waals surface area contributed by atoms with Gasteiger partial charge in [0.05, 0.1) is 12.6 Å². The molecule has 1 aromatic heterocycles. The lowest BCUT2D eigenvalue weighted by molar-refractivity contribution is -0.143. The maximum atomic E-state index is 12.7. The molecule has 33 heavy (non-hydrogen) atoms. The smallest absolute Gasteiger partial charge is 0.419 e. The molecule has 0 aliphatic heterocycles. The number of hydrogen-bond donors (Lipinski definition) is 1. The largest absolute Gasteiger partial charge is 0.467 e. The molecule has 174 valence electrons. The van der Waals surface area contributed by atoms with Crippen LogP contribution in [0.4, 0.5) is 9.59 Å². The lowest BCUT2D eigenvalue weighted by Crippen LogP contribution is -2.43. The Bertz CT molecular complexity index is 1130.